The Hall–Kier alpha value is -1.10. The molecule has 0 saturated heterocycles. The molecule has 0 fully saturated rings. The minimum atomic E-state index is 0.575. The van der Waals surface area contributed by atoms with Crippen molar-refractivity contribution in [3.05, 3.63) is 29.3 Å². The van der Waals surface area contributed by atoms with Crippen LogP contribution in [0.4, 0.5) is 0 Å². The van der Waals surface area contributed by atoms with Crippen LogP contribution in [-0.4, -0.2) is 38.3 Å². The minimum Gasteiger partial charge on any atom is -0.492 e. The number of ether oxygens (including phenoxy) is 2. The van der Waals surface area contributed by atoms with E-state index in [1.807, 2.05) is 12.1 Å². The first-order chi connectivity index (χ1) is 8.33. The number of hydrogen-bond donors (Lipinski definition) is 1. The largest absolute Gasteiger partial charge is 0.492 e. The fourth-order valence-electron chi connectivity index (χ4n) is 2.04. The predicted molar refractivity (Wildman–Crippen MR) is 67.0 cm³/mol. The van der Waals surface area contributed by atoms with Gasteiger partial charge in [0, 0.05) is 38.9 Å². The summed E-state index contributed by atoms with van der Waals surface area (Å²) < 4.78 is 10.9. The zero-order valence-corrected chi connectivity index (χ0v) is 10.3. The maximum atomic E-state index is 5.73. The Labute approximate surface area is 102 Å². The van der Waals surface area contributed by atoms with E-state index in [0.717, 1.165) is 44.2 Å². The molecule has 1 heterocycles. The number of nitrogens with zero attached hydrogens (tertiary/aromatic N) is 1. The van der Waals surface area contributed by atoms with Gasteiger partial charge in [0.2, 0.25) is 0 Å². The standard InChI is InChI=1S/C13H20N2O2/c1-16-6-4-15-5-7-17-13-3-2-11(9-14)8-12(13)10-15/h2-3,8H,4-7,9-10,14H2,1H3. The molecule has 94 valence electrons. The van der Waals surface area contributed by atoms with Crippen molar-refractivity contribution in [2.24, 2.45) is 5.73 Å². The van der Waals surface area contributed by atoms with Gasteiger partial charge in [0.25, 0.3) is 0 Å². The zero-order valence-electron chi connectivity index (χ0n) is 10.3. The number of methoxy groups -OCH3 is 1. The number of hydrogen-bond acceptors (Lipinski definition) is 4. The molecule has 0 bridgehead atoms. The first-order valence-electron chi connectivity index (χ1n) is 5.99. The zero-order chi connectivity index (χ0) is 12.1. The van der Waals surface area contributed by atoms with Crippen molar-refractivity contribution in [3.63, 3.8) is 0 Å². The summed E-state index contributed by atoms with van der Waals surface area (Å²) >= 11 is 0. The quantitative estimate of drug-likeness (QED) is 0.847. The van der Waals surface area contributed by atoms with Gasteiger partial charge in [0.05, 0.1) is 6.61 Å². The smallest absolute Gasteiger partial charge is 0.123 e. The number of rotatable bonds is 4. The van der Waals surface area contributed by atoms with Gasteiger partial charge in [-0.15, -0.1) is 0 Å². The summed E-state index contributed by atoms with van der Waals surface area (Å²) in [6.07, 6.45) is 0. The van der Waals surface area contributed by atoms with E-state index in [1.54, 1.807) is 7.11 Å². The molecular weight excluding hydrogens is 216 g/mol. The Morgan fingerprint density at radius 3 is 3.12 bits per heavy atom. The molecule has 0 atom stereocenters. The van der Waals surface area contributed by atoms with Crippen LogP contribution in [-0.2, 0) is 17.8 Å². The Bertz CT molecular complexity index is 366. The lowest BCUT2D eigenvalue weighted by Crippen LogP contribution is -2.29. The normalized spacial score (nSPS) is 16.1. The summed E-state index contributed by atoms with van der Waals surface area (Å²) in [6.45, 7) is 4.85. The van der Waals surface area contributed by atoms with Gasteiger partial charge in [-0.3, -0.25) is 4.90 Å². The van der Waals surface area contributed by atoms with Crippen molar-refractivity contribution in [1.29, 1.82) is 0 Å². The lowest BCUT2D eigenvalue weighted by molar-refractivity contribution is 0.138. The fraction of sp³-hybridized carbons (Fsp3) is 0.538. The maximum absolute atomic E-state index is 5.73. The highest BCUT2D eigenvalue weighted by molar-refractivity contribution is 5.37. The third kappa shape index (κ3) is 3.19. The molecule has 0 spiro atoms. The van der Waals surface area contributed by atoms with E-state index in [-0.39, 0.29) is 0 Å². The molecule has 1 aliphatic heterocycles. The predicted octanol–water partition coefficient (Wildman–Crippen LogP) is 0.986. The van der Waals surface area contributed by atoms with Gasteiger partial charge < -0.3 is 15.2 Å². The Balaban J connectivity index is 2.11. The number of benzene rings is 1. The molecule has 0 aliphatic carbocycles. The molecule has 0 radical (unpaired) electrons. The summed E-state index contributed by atoms with van der Waals surface area (Å²) in [7, 11) is 1.73. The second-order valence-electron chi connectivity index (χ2n) is 4.26. The number of nitrogens with two attached hydrogens (primary N) is 1. The number of fused-ring (bicyclic) bond motifs is 1. The molecule has 1 aromatic carbocycles. The van der Waals surface area contributed by atoms with E-state index >= 15 is 0 Å². The summed E-state index contributed by atoms with van der Waals surface area (Å²) in [5.41, 5.74) is 8.04. The minimum absolute atomic E-state index is 0.575. The van der Waals surface area contributed by atoms with E-state index in [2.05, 4.69) is 11.0 Å². The van der Waals surface area contributed by atoms with E-state index in [4.69, 9.17) is 15.2 Å². The molecule has 0 amide bonds. The Morgan fingerprint density at radius 2 is 2.35 bits per heavy atom. The molecule has 4 nitrogen and oxygen atoms in total. The van der Waals surface area contributed by atoms with Gasteiger partial charge in [-0.1, -0.05) is 6.07 Å². The molecule has 2 rings (SSSR count). The molecule has 4 heteroatoms. The van der Waals surface area contributed by atoms with Gasteiger partial charge in [-0.05, 0) is 17.7 Å². The fourth-order valence-corrected chi connectivity index (χ4v) is 2.04. The summed E-state index contributed by atoms with van der Waals surface area (Å²) in [5.74, 6) is 0.988. The van der Waals surface area contributed by atoms with Crippen molar-refractivity contribution in [2.75, 3.05) is 33.4 Å². The van der Waals surface area contributed by atoms with Gasteiger partial charge in [0.15, 0.2) is 0 Å². The maximum Gasteiger partial charge on any atom is 0.123 e. The van der Waals surface area contributed by atoms with E-state index in [1.165, 1.54) is 5.56 Å². The first kappa shape index (κ1) is 12.4. The van der Waals surface area contributed by atoms with Crippen LogP contribution >= 0.6 is 0 Å². The highest BCUT2D eigenvalue weighted by Gasteiger charge is 2.15. The van der Waals surface area contributed by atoms with Crippen molar-refractivity contribution >= 4 is 0 Å². The molecule has 17 heavy (non-hydrogen) atoms. The highest BCUT2D eigenvalue weighted by atomic mass is 16.5. The van der Waals surface area contributed by atoms with Crippen LogP contribution in [0, 0.1) is 0 Å². The Kier molecular flexibility index (Phi) is 4.36. The molecule has 0 unspecified atom stereocenters. The average Bonchev–Trinajstić information content (AvgIpc) is 2.56. The Morgan fingerprint density at radius 1 is 1.47 bits per heavy atom. The molecular formula is C13H20N2O2. The van der Waals surface area contributed by atoms with Crippen LogP contribution in [0.15, 0.2) is 18.2 Å². The highest BCUT2D eigenvalue weighted by Crippen LogP contribution is 2.24. The van der Waals surface area contributed by atoms with Gasteiger partial charge in [-0.25, -0.2) is 0 Å². The van der Waals surface area contributed by atoms with Crippen molar-refractivity contribution in [3.8, 4) is 5.75 Å². The summed E-state index contributed by atoms with van der Waals surface area (Å²) in [6, 6.07) is 6.20. The molecule has 0 saturated carbocycles. The third-order valence-corrected chi connectivity index (χ3v) is 3.03. The van der Waals surface area contributed by atoms with Crippen LogP contribution in [0.1, 0.15) is 11.1 Å². The second-order valence-corrected chi connectivity index (χ2v) is 4.26. The monoisotopic (exact) mass is 236 g/mol. The van der Waals surface area contributed by atoms with Crippen molar-refractivity contribution in [1.82, 2.24) is 4.90 Å². The van der Waals surface area contributed by atoms with E-state index in [0.29, 0.717) is 6.54 Å². The molecule has 0 aromatic heterocycles. The third-order valence-electron chi connectivity index (χ3n) is 3.03. The van der Waals surface area contributed by atoms with Crippen LogP contribution in [0.3, 0.4) is 0 Å². The van der Waals surface area contributed by atoms with Crippen LogP contribution < -0.4 is 10.5 Å². The first-order valence-corrected chi connectivity index (χ1v) is 5.99. The van der Waals surface area contributed by atoms with Gasteiger partial charge in [-0.2, -0.15) is 0 Å². The van der Waals surface area contributed by atoms with Gasteiger partial charge in [0.1, 0.15) is 12.4 Å². The van der Waals surface area contributed by atoms with E-state index in [9.17, 15) is 0 Å². The lowest BCUT2D eigenvalue weighted by Gasteiger charge is -2.18. The summed E-state index contributed by atoms with van der Waals surface area (Å²) in [5, 5.41) is 0. The van der Waals surface area contributed by atoms with Crippen molar-refractivity contribution < 1.29 is 9.47 Å². The van der Waals surface area contributed by atoms with Crippen LogP contribution in [0.25, 0.3) is 0 Å². The summed E-state index contributed by atoms with van der Waals surface area (Å²) in [4.78, 5) is 2.34. The SMILES string of the molecule is COCCN1CCOc2ccc(CN)cc2C1. The molecule has 1 aromatic rings. The average molecular weight is 236 g/mol. The topological polar surface area (TPSA) is 47.7 Å². The molecule has 2 N–H and O–H groups in total. The second kappa shape index (κ2) is 6.00. The van der Waals surface area contributed by atoms with Crippen LogP contribution in [0.5, 0.6) is 5.75 Å². The van der Waals surface area contributed by atoms with E-state index < -0.39 is 0 Å². The van der Waals surface area contributed by atoms with Gasteiger partial charge >= 0.3 is 0 Å². The van der Waals surface area contributed by atoms with Crippen molar-refractivity contribution in [2.45, 2.75) is 13.1 Å². The molecule has 1 aliphatic rings. The lowest BCUT2D eigenvalue weighted by atomic mass is 10.1. The van der Waals surface area contributed by atoms with Crippen LogP contribution in [0.2, 0.25) is 0 Å².